The van der Waals surface area contributed by atoms with Gasteiger partial charge in [-0.05, 0) is 123 Å². The van der Waals surface area contributed by atoms with Crippen molar-refractivity contribution in [3.05, 3.63) is 288 Å². The van der Waals surface area contributed by atoms with Crippen molar-refractivity contribution in [2.45, 2.75) is 33.4 Å². The van der Waals surface area contributed by atoms with Crippen molar-refractivity contribution < 1.29 is 4.74 Å². The average molecular weight is 939 g/mol. The van der Waals surface area contributed by atoms with Crippen molar-refractivity contribution in [2.75, 3.05) is 4.90 Å². The van der Waals surface area contributed by atoms with Gasteiger partial charge in [0.05, 0.1) is 16.9 Å². The molecule has 6 aliphatic rings. The van der Waals surface area contributed by atoms with Gasteiger partial charge in [-0.1, -0.05) is 182 Å². The zero-order valence-electron chi connectivity index (χ0n) is 39.3. The highest BCUT2D eigenvalue weighted by Gasteiger charge is 2.55. The number of fused-ring (bicyclic) bond motifs is 21. The fourth-order valence-electron chi connectivity index (χ4n) is 14.1. The molecule has 0 bridgehead atoms. The number of ether oxygens (including phenoxy) is 1. The third kappa shape index (κ3) is 5.27. The van der Waals surface area contributed by atoms with Crippen LogP contribution in [0, 0.1) is 5.92 Å². The molecule has 1 aromatic heterocycles. The van der Waals surface area contributed by atoms with Crippen LogP contribution in [0.3, 0.4) is 0 Å². The molecule has 2 aliphatic heterocycles. The van der Waals surface area contributed by atoms with Crippen LogP contribution in [0.1, 0.15) is 51.4 Å². The molecule has 0 radical (unpaired) electrons. The molecule has 16 rings (SSSR count). The summed E-state index contributed by atoms with van der Waals surface area (Å²) in [5.74, 6) is 2.04. The van der Waals surface area contributed by atoms with Crippen molar-refractivity contribution in [1.29, 1.82) is 0 Å². The molecule has 3 heterocycles. The molecule has 0 saturated carbocycles. The van der Waals surface area contributed by atoms with Gasteiger partial charge in [-0.2, -0.15) is 0 Å². The predicted octanol–water partition coefficient (Wildman–Crippen LogP) is 17.3. The van der Waals surface area contributed by atoms with Gasteiger partial charge in [0.2, 0.25) is 0 Å². The van der Waals surface area contributed by atoms with E-state index in [4.69, 9.17) is 4.74 Å². The number of aromatic nitrogens is 1. The highest BCUT2D eigenvalue weighted by atomic mass is 32.2. The number of nitrogens with zero attached hydrogens (tertiary/aromatic N) is 2. The maximum atomic E-state index is 6.78. The topological polar surface area (TPSA) is 17.4 Å². The van der Waals surface area contributed by atoms with Gasteiger partial charge in [0.15, 0.2) is 0 Å². The van der Waals surface area contributed by atoms with E-state index in [1.807, 2.05) is 11.8 Å². The predicted molar refractivity (Wildman–Crippen MR) is 297 cm³/mol. The minimum absolute atomic E-state index is 0.237. The lowest BCUT2D eigenvalue weighted by Crippen LogP contribution is -2.43. The number of thioether (sulfide) groups is 1. The normalized spacial score (nSPS) is 20.6. The second-order valence-corrected chi connectivity index (χ2v) is 21.3. The third-order valence-electron chi connectivity index (χ3n) is 16.8. The van der Waals surface area contributed by atoms with Gasteiger partial charge in [-0.15, -0.1) is 11.8 Å². The lowest BCUT2D eigenvalue weighted by Gasteiger charge is -2.47. The highest BCUT2D eigenvalue weighted by molar-refractivity contribution is 8.00. The first-order chi connectivity index (χ1) is 35.7. The minimum atomic E-state index is -0.605. The van der Waals surface area contributed by atoms with Gasteiger partial charge in [-0.25, -0.2) is 0 Å². The van der Waals surface area contributed by atoms with Crippen LogP contribution in [0.4, 0.5) is 17.1 Å². The molecule has 340 valence electrons. The molecule has 0 N–H and O–H groups in total. The molecular formula is C68H46N2OS. The van der Waals surface area contributed by atoms with Crippen LogP contribution in [0.2, 0.25) is 0 Å². The van der Waals surface area contributed by atoms with Gasteiger partial charge in [0.25, 0.3) is 0 Å². The molecule has 4 unspecified atom stereocenters. The number of allylic oxidation sites excluding steroid dienone is 7. The molecule has 9 aromatic carbocycles. The maximum absolute atomic E-state index is 6.78. The second kappa shape index (κ2) is 15.1. The third-order valence-corrected chi connectivity index (χ3v) is 18.1. The van der Waals surface area contributed by atoms with E-state index in [0.717, 1.165) is 46.1 Å². The Kier molecular flexibility index (Phi) is 8.48. The summed E-state index contributed by atoms with van der Waals surface area (Å²) in [6.07, 6.45) is 19.4. The lowest BCUT2D eigenvalue weighted by molar-refractivity contribution is 0.436. The molecule has 72 heavy (non-hydrogen) atoms. The van der Waals surface area contributed by atoms with Gasteiger partial charge < -0.3 is 14.2 Å². The number of para-hydroxylation sites is 3. The summed E-state index contributed by atoms with van der Waals surface area (Å²) in [6, 6.07) is 75.8. The van der Waals surface area contributed by atoms with Gasteiger partial charge >= 0.3 is 0 Å². The van der Waals surface area contributed by atoms with Crippen LogP contribution < -0.4 is 9.64 Å². The number of hydrogen-bond acceptors (Lipinski definition) is 3. The van der Waals surface area contributed by atoms with Crippen LogP contribution >= 0.6 is 11.8 Å². The Balaban J connectivity index is 0.968. The maximum Gasteiger partial charge on any atom is 0.132 e. The fourth-order valence-corrected chi connectivity index (χ4v) is 15.5. The SMILES string of the molecule is C1=CCC(n2c3ccccc3c3cc(N(c4ccc5c(c4)-c4ccccc4C54c5ccccc5SC5C=CC=CC54)c4ccc5c(c4)C4(c6ccccc6Oc6ccccc64)c4ccccc4-5)ccc32)C=C1. The van der Waals surface area contributed by atoms with Gasteiger partial charge in [0.1, 0.15) is 11.5 Å². The fraction of sp³-hybridized carbons (Fsp3) is 0.0882. The first-order valence-corrected chi connectivity index (χ1v) is 26.2. The Morgan fingerprint density at radius 1 is 0.444 bits per heavy atom. The minimum Gasteiger partial charge on any atom is -0.457 e. The Hall–Kier alpha value is -8.31. The molecule has 4 heteroatoms. The average Bonchev–Trinajstić information content (AvgIpc) is 4.04. The number of anilines is 3. The molecule has 4 atom stereocenters. The number of rotatable bonds is 4. The van der Waals surface area contributed by atoms with Crippen molar-refractivity contribution in [3.63, 3.8) is 0 Å². The number of benzene rings is 9. The van der Waals surface area contributed by atoms with Gasteiger partial charge in [-0.3, -0.25) is 0 Å². The van der Waals surface area contributed by atoms with Crippen LogP contribution in [0.15, 0.2) is 254 Å². The van der Waals surface area contributed by atoms with E-state index >= 15 is 0 Å². The van der Waals surface area contributed by atoms with E-state index in [1.54, 1.807) is 0 Å². The van der Waals surface area contributed by atoms with E-state index in [-0.39, 0.29) is 17.4 Å². The molecule has 0 amide bonds. The first kappa shape index (κ1) is 40.4. The first-order valence-electron chi connectivity index (χ1n) is 25.3. The summed E-state index contributed by atoms with van der Waals surface area (Å²) in [7, 11) is 0. The zero-order valence-corrected chi connectivity index (χ0v) is 40.1. The Bertz CT molecular complexity index is 4050. The van der Waals surface area contributed by atoms with Crippen LogP contribution in [-0.4, -0.2) is 9.82 Å². The van der Waals surface area contributed by atoms with E-state index in [0.29, 0.717) is 5.25 Å². The van der Waals surface area contributed by atoms with E-state index in [2.05, 4.69) is 258 Å². The van der Waals surface area contributed by atoms with Crippen molar-refractivity contribution in [2.24, 2.45) is 5.92 Å². The smallest absolute Gasteiger partial charge is 0.132 e. The summed E-state index contributed by atoms with van der Waals surface area (Å²) in [6.45, 7) is 0. The monoisotopic (exact) mass is 938 g/mol. The van der Waals surface area contributed by atoms with Crippen LogP contribution in [0.25, 0.3) is 44.1 Å². The summed E-state index contributed by atoms with van der Waals surface area (Å²) >= 11 is 2.01. The molecule has 10 aromatic rings. The van der Waals surface area contributed by atoms with E-state index < -0.39 is 5.41 Å². The molecule has 4 aliphatic carbocycles. The quantitative estimate of drug-likeness (QED) is 0.175. The lowest BCUT2D eigenvalue weighted by atomic mass is 9.62. The summed E-state index contributed by atoms with van der Waals surface area (Å²) in [5.41, 5.74) is 19.0. The Labute approximate surface area is 423 Å². The Morgan fingerprint density at radius 2 is 1.04 bits per heavy atom. The molecular weight excluding hydrogens is 893 g/mol. The highest BCUT2D eigenvalue weighted by Crippen LogP contribution is 2.65. The van der Waals surface area contributed by atoms with Crippen molar-refractivity contribution >= 4 is 50.6 Å². The largest absolute Gasteiger partial charge is 0.457 e. The van der Waals surface area contributed by atoms with E-state index in [1.165, 1.54) is 76.8 Å². The standard InChI is InChI=1S/C68H46N2OS/c1-2-18-43(19-3-1)70-61-29-13-6-22-50(61)52-41-45(36-39-62(52)70)69(44-35-38-55-51(40-44)48-21-5-8-24-54(48)67(55)58-27-11-16-32-65(58)72-66-33-17-12-28-59(66)67)46-34-37-49-47-20-4-7-23-53(47)68(60(49)42-46)56-25-9-14-30-63(56)71-64-31-15-10-26-57(64)68/h1-18,20-43,58,65H,19H2. The van der Waals surface area contributed by atoms with E-state index in [9.17, 15) is 0 Å². The zero-order chi connectivity index (χ0) is 47.1. The van der Waals surface area contributed by atoms with Gasteiger partial charge in [0, 0.05) is 66.1 Å². The van der Waals surface area contributed by atoms with Crippen LogP contribution in [0.5, 0.6) is 11.5 Å². The molecule has 0 fully saturated rings. The molecule has 2 spiro atoms. The number of hydrogen-bond donors (Lipinski definition) is 0. The summed E-state index contributed by atoms with van der Waals surface area (Å²) in [4.78, 5) is 3.90. The summed E-state index contributed by atoms with van der Waals surface area (Å²) < 4.78 is 9.32. The second-order valence-electron chi connectivity index (χ2n) is 20.1. The molecule has 0 saturated heterocycles. The van der Waals surface area contributed by atoms with Crippen LogP contribution in [-0.2, 0) is 10.8 Å². The molecule has 3 nitrogen and oxygen atoms in total. The van der Waals surface area contributed by atoms with Crippen molar-refractivity contribution in [3.8, 4) is 33.8 Å². The Morgan fingerprint density at radius 3 is 1.86 bits per heavy atom. The van der Waals surface area contributed by atoms with Crippen molar-refractivity contribution in [1.82, 2.24) is 4.57 Å². The summed E-state index contributed by atoms with van der Waals surface area (Å²) in [5, 5.41) is 2.83.